The first-order chi connectivity index (χ1) is 16.0. The molecule has 0 heterocycles. The molecule has 0 bridgehead atoms. The largest absolute Gasteiger partial charge is 0.273 e. The van der Waals surface area contributed by atoms with E-state index in [1.54, 1.807) is 24.3 Å². The van der Waals surface area contributed by atoms with Gasteiger partial charge in [0.05, 0.1) is 9.79 Å². The van der Waals surface area contributed by atoms with Crippen LogP contribution >= 0.6 is 0 Å². The van der Waals surface area contributed by atoms with Crippen molar-refractivity contribution in [3.05, 3.63) is 95.1 Å². The Morgan fingerprint density at radius 3 is 1.29 bits per heavy atom. The zero-order valence-corrected chi connectivity index (χ0v) is 19.8. The van der Waals surface area contributed by atoms with Crippen molar-refractivity contribution in [3.63, 3.8) is 0 Å². The molecular formula is C22H22N4O6S2. The molecule has 3 aromatic carbocycles. The summed E-state index contributed by atoms with van der Waals surface area (Å²) < 4.78 is 49.3. The third kappa shape index (κ3) is 6.26. The van der Waals surface area contributed by atoms with E-state index in [-0.39, 0.29) is 20.9 Å². The molecule has 4 N–H and O–H groups in total. The third-order valence-electron chi connectivity index (χ3n) is 4.65. The van der Waals surface area contributed by atoms with Crippen LogP contribution < -0.4 is 20.5 Å². The number of hydrazine groups is 2. The number of aryl methyl sites for hydroxylation is 2. The predicted molar refractivity (Wildman–Crippen MR) is 124 cm³/mol. The molecular weight excluding hydrogens is 480 g/mol. The van der Waals surface area contributed by atoms with E-state index in [0.29, 0.717) is 0 Å². The lowest BCUT2D eigenvalue weighted by molar-refractivity contribution is 0.0945. The summed E-state index contributed by atoms with van der Waals surface area (Å²) in [6, 6.07) is 17.4. The summed E-state index contributed by atoms with van der Waals surface area (Å²) in [6.07, 6.45) is 0. The maximum atomic E-state index is 12.4. The van der Waals surface area contributed by atoms with E-state index in [0.717, 1.165) is 11.1 Å². The highest BCUT2D eigenvalue weighted by Gasteiger charge is 2.18. The van der Waals surface area contributed by atoms with Gasteiger partial charge in [-0.1, -0.05) is 41.5 Å². The zero-order valence-electron chi connectivity index (χ0n) is 18.2. The molecule has 0 radical (unpaired) electrons. The van der Waals surface area contributed by atoms with Crippen molar-refractivity contribution in [3.8, 4) is 0 Å². The van der Waals surface area contributed by atoms with Gasteiger partial charge in [0.15, 0.2) is 0 Å². The van der Waals surface area contributed by atoms with Crippen molar-refractivity contribution in [1.29, 1.82) is 0 Å². The van der Waals surface area contributed by atoms with Crippen LogP contribution in [0.4, 0.5) is 0 Å². The van der Waals surface area contributed by atoms with Crippen molar-refractivity contribution in [2.75, 3.05) is 0 Å². The van der Waals surface area contributed by atoms with Crippen molar-refractivity contribution >= 4 is 31.9 Å². The molecule has 10 nitrogen and oxygen atoms in total. The number of hydrogen-bond donors (Lipinski definition) is 4. The number of carbonyl (C=O) groups is 2. The molecule has 178 valence electrons. The molecule has 0 unspecified atom stereocenters. The number of sulfonamides is 2. The minimum absolute atomic E-state index is 0.0272. The van der Waals surface area contributed by atoms with E-state index in [2.05, 4.69) is 10.9 Å². The van der Waals surface area contributed by atoms with Gasteiger partial charge in [0, 0.05) is 11.1 Å². The van der Waals surface area contributed by atoms with Crippen LogP contribution in [0.25, 0.3) is 0 Å². The molecule has 3 rings (SSSR count). The number of carbonyl (C=O) groups excluding carboxylic acids is 2. The molecule has 3 aromatic rings. The fraction of sp³-hybridized carbons (Fsp3) is 0.0909. The van der Waals surface area contributed by atoms with E-state index < -0.39 is 31.9 Å². The normalized spacial score (nSPS) is 11.6. The van der Waals surface area contributed by atoms with Gasteiger partial charge in [0.2, 0.25) is 0 Å². The van der Waals surface area contributed by atoms with Crippen molar-refractivity contribution < 1.29 is 26.4 Å². The monoisotopic (exact) mass is 502 g/mol. The molecule has 0 aliphatic carbocycles. The van der Waals surface area contributed by atoms with Gasteiger partial charge in [-0.25, -0.2) is 16.8 Å². The van der Waals surface area contributed by atoms with Gasteiger partial charge < -0.3 is 0 Å². The van der Waals surface area contributed by atoms with E-state index in [1.165, 1.54) is 48.5 Å². The van der Waals surface area contributed by atoms with Gasteiger partial charge in [-0.15, -0.1) is 9.66 Å². The number of hydrogen-bond acceptors (Lipinski definition) is 6. The van der Waals surface area contributed by atoms with Crippen LogP contribution in [-0.2, 0) is 20.0 Å². The number of amides is 2. The van der Waals surface area contributed by atoms with Crippen LogP contribution in [0.3, 0.4) is 0 Å². The van der Waals surface area contributed by atoms with Crippen molar-refractivity contribution in [2.24, 2.45) is 0 Å². The highest BCUT2D eigenvalue weighted by atomic mass is 32.2. The molecule has 12 heteroatoms. The van der Waals surface area contributed by atoms with Gasteiger partial charge in [-0.2, -0.15) is 0 Å². The predicted octanol–water partition coefficient (Wildman–Crippen LogP) is 1.55. The summed E-state index contributed by atoms with van der Waals surface area (Å²) in [6.45, 7) is 3.62. The summed E-state index contributed by atoms with van der Waals surface area (Å²) in [7, 11) is -8.00. The molecule has 0 spiro atoms. The minimum atomic E-state index is -4.00. The lowest BCUT2D eigenvalue weighted by Crippen LogP contribution is -2.42. The molecule has 0 atom stereocenters. The fourth-order valence-corrected chi connectivity index (χ4v) is 4.40. The van der Waals surface area contributed by atoms with Gasteiger partial charge in [0.25, 0.3) is 31.9 Å². The lowest BCUT2D eigenvalue weighted by Gasteiger charge is -2.11. The van der Waals surface area contributed by atoms with Gasteiger partial charge in [0.1, 0.15) is 0 Å². The quantitative estimate of drug-likeness (QED) is 0.343. The average Bonchev–Trinajstić information content (AvgIpc) is 2.82. The van der Waals surface area contributed by atoms with Crippen molar-refractivity contribution in [1.82, 2.24) is 20.5 Å². The minimum Gasteiger partial charge on any atom is -0.273 e. The summed E-state index contributed by atoms with van der Waals surface area (Å²) >= 11 is 0. The molecule has 2 amide bonds. The van der Waals surface area contributed by atoms with E-state index >= 15 is 0 Å². The van der Waals surface area contributed by atoms with Gasteiger partial charge in [-0.05, 0) is 56.3 Å². The van der Waals surface area contributed by atoms with Crippen LogP contribution in [0.1, 0.15) is 31.8 Å². The van der Waals surface area contributed by atoms with E-state index in [9.17, 15) is 26.4 Å². The molecule has 0 aliphatic rings. The molecule has 0 aromatic heterocycles. The second-order valence-corrected chi connectivity index (χ2v) is 10.7. The van der Waals surface area contributed by atoms with Crippen LogP contribution in [0.2, 0.25) is 0 Å². The summed E-state index contributed by atoms with van der Waals surface area (Å²) in [4.78, 5) is 28.7. The molecule has 0 aliphatic heterocycles. The van der Waals surface area contributed by atoms with Crippen LogP contribution in [0.15, 0.2) is 82.6 Å². The standard InChI is InChI=1S/C22H22N4O6S2/c1-15-6-10-19(11-7-15)33(29,30)25-23-21(27)17-4-3-5-18(14-17)22(28)24-26-34(31,32)20-12-8-16(2)9-13-20/h3-14,25-26H,1-2H3,(H,23,27)(H,24,28). The first kappa shape index (κ1) is 25.1. The molecule has 0 saturated carbocycles. The Kier molecular flexibility index (Phi) is 7.47. The molecule has 0 saturated heterocycles. The first-order valence-electron chi connectivity index (χ1n) is 9.86. The Morgan fingerprint density at radius 2 is 0.941 bits per heavy atom. The lowest BCUT2D eigenvalue weighted by atomic mass is 10.1. The van der Waals surface area contributed by atoms with Gasteiger partial charge >= 0.3 is 0 Å². The van der Waals surface area contributed by atoms with Crippen LogP contribution in [0.5, 0.6) is 0 Å². The first-order valence-corrected chi connectivity index (χ1v) is 12.8. The third-order valence-corrected chi connectivity index (χ3v) is 7.17. The zero-order chi connectivity index (χ0) is 24.9. The summed E-state index contributed by atoms with van der Waals surface area (Å²) in [5.41, 5.74) is 5.86. The topological polar surface area (TPSA) is 151 Å². The number of nitrogens with one attached hydrogen (secondary N) is 4. The fourth-order valence-electron chi connectivity index (χ4n) is 2.73. The van der Waals surface area contributed by atoms with E-state index in [4.69, 9.17) is 0 Å². The smallest absolute Gasteiger partial charge is 0.266 e. The Morgan fingerprint density at radius 1 is 0.588 bits per heavy atom. The van der Waals surface area contributed by atoms with Crippen molar-refractivity contribution in [2.45, 2.75) is 23.6 Å². The Labute approximate surface area is 197 Å². The molecule has 34 heavy (non-hydrogen) atoms. The van der Waals surface area contributed by atoms with Crippen LogP contribution in [-0.4, -0.2) is 28.6 Å². The van der Waals surface area contributed by atoms with E-state index in [1.807, 2.05) is 23.5 Å². The van der Waals surface area contributed by atoms with Crippen LogP contribution in [0, 0.1) is 13.8 Å². The summed E-state index contributed by atoms with van der Waals surface area (Å²) in [5, 5.41) is 0. The highest BCUT2D eigenvalue weighted by Crippen LogP contribution is 2.11. The second kappa shape index (κ2) is 10.1. The summed E-state index contributed by atoms with van der Waals surface area (Å²) in [5.74, 6) is -1.63. The Bertz CT molecular complexity index is 1310. The number of benzene rings is 3. The maximum Gasteiger partial charge on any atom is 0.266 e. The SMILES string of the molecule is Cc1ccc(S(=O)(=O)NNC(=O)c2cccc(C(=O)NNS(=O)(=O)c3ccc(C)cc3)c2)cc1. The Hall–Kier alpha value is -3.58. The highest BCUT2D eigenvalue weighted by molar-refractivity contribution is 7.89. The Balaban J connectivity index is 1.64. The molecule has 0 fully saturated rings. The van der Waals surface area contributed by atoms with Gasteiger partial charge in [-0.3, -0.25) is 20.4 Å². The number of rotatable bonds is 8. The average molecular weight is 503 g/mol. The maximum absolute atomic E-state index is 12.4. The second-order valence-electron chi connectivity index (χ2n) is 7.33.